The Morgan fingerprint density at radius 1 is 1.15 bits per heavy atom. The van der Waals surface area contributed by atoms with Crippen molar-refractivity contribution in [3.8, 4) is 0 Å². The summed E-state index contributed by atoms with van der Waals surface area (Å²) in [7, 11) is 0. The number of hydrogen-bond donors (Lipinski definition) is 1. The molecule has 27 heavy (non-hydrogen) atoms. The topological polar surface area (TPSA) is 58.1 Å². The number of benzene rings is 1. The van der Waals surface area contributed by atoms with Gasteiger partial charge < -0.3 is 10.2 Å². The molecule has 1 aliphatic heterocycles. The Morgan fingerprint density at radius 3 is 2.41 bits per heavy atom. The molecule has 1 amide bonds. The molecule has 1 saturated heterocycles. The second-order valence-electron chi connectivity index (χ2n) is 8.30. The van der Waals surface area contributed by atoms with Crippen molar-refractivity contribution in [2.75, 3.05) is 16.8 Å². The zero-order chi connectivity index (χ0) is 19.4. The Balaban J connectivity index is 1.67. The van der Waals surface area contributed by atoms with E-state index in [9.17, 15) is 4.79 Å². The van der Waals surface area contributed by atoms with Crippen molar-refractivity contribution in [1.29, 1.82) is 0 Å². The molecular formula is C22H30N4O. The van der Waals surface area contributed by atoms with Gasteiger partial charge in [0.25, 0.3) is 5.91 Å². The Bertz CT molecular complexity index is 762. The Morgan fingerprint density at radius 2 is 1.81 bits per heavy atom. The van der Waals surface area contributed by atoms with E-state index in [1.165, 1.54) is 24.8 Å². The first-order chi connectivity index (χ1) is 12.9. The van der Waals surface area contributed by atoms with E-state index >= 15 is 0 Å². The van der Waals surface area contributed by atoms with Gasteiger partial charge in [0.1, 0.15) is 0 Å². The minimum atomic E-state index is -0.184. The van der Waals surface area contributed by atoms with Gasteiger partial charge in [0.05, 0.1) is 5.56 Å². The summed E-state index contributed by atoms with van der Waals surface area (Å²) in [6.07, 6.45) is 7.98. The maximum atomic E-state index is 12.5. The molecule has 2 aromatic rings. The lowest BCUT2D eigenvalue weighted by molar-refractivity contribution is 0.102. The molecule has 3 rings (SSSR count). The second kappa shape index (κ2) is 8.07. The quantitative estimate of drug-likeness (QED) is 0.845. The fourth-order valence-corrected chi connectivity index (χ4v) is 3.53. The number of nitrogens with one attached hydrogen (secondary N) is 1. The predicted molar refractivity (Wildman–Crippen MR) is 110 cm³/mol. The summed E-state index contributed by atoms with van der Waals surface area (Å²) < 4.78 is 0. The SMILES string of the molecule is CCC1CCCCN1c1ncc(C(=O)Nc2ccc(C(C)(C)C)cc2)cn1. The lowest BCUT2D eigenvalue weighted by Crippen LogP contribution is -2.40. The molecule has 0 saturated carbocycles. The summed E-state index contributed by atoms with van der Waals surface area (Å²) in [4.78, 5) is 23.7. The number of carbonyl (C=O) groups excluding carboxylic acids is 1. The number of carbonyl (C=O) groups is 1. The van der Waals surface area contributed by atoms with Crippen molar-refractivity contribution < 1.29 is 4.79 Å². The van der Waals surface area contributed by atoms with Crippen LogP contribution in [0.4, 0.5) is 11.6 Å². The fourth-order valence-electron chi connectivity index (χ4n) is 3.53. The summed E-state index contributed by atoms with van der Waals surface area (Å²) in [6, 6.07) is 8.48. The number of amides is 1. The van der Waals surface area contributed by atoms with E-state index in [0.717, 1.165) is 24.6 Å². The molecule has 1 N–H and O–H groups in total. The molecule has 0 bridgehead atoms. The largest absolute Gasteiger partial charge is 0.338 e. The smallest absolute Gasteiger partial charge is 0.258 e. The van der Waals surface area contributed by atoms with Gasteiger partial charge in [-0.15, -0.1) is 0 Å². The molecule has 0 aliphatic carbocycles. The molecule has 1 fully saturated rings. The maximum Gasteiger partial charge on any atom is 0.258 e. The van der Waals surface area contributed by atoms with Crippen LogP contribution in [-0.4, -0.2) is 28.5 Å². The molecular weight excluding hydrogens is 336 g/mol. The highest BCUT2D eigenvalue weighted by atomic mass is 16.1. The van der Waals surface area contributed by atoms with E-state index in [0.29, 0.717) is 11.6 Å². The van der Waals surface area contributed by atoms with Crippen LogP contribution < -0.4 is 10.2 Å². The van der Waals surface area contributed by atoms with E-state index in [1.54, 1.807) is 12.4 Å². The van der Waals surface area contributed by atoms with Gasteiger partial charge in [-0.05, 0) is 48.8 Å². The summed E-state index contributed by atoms with van der Waals surface area (Å²) in [5.41, 5.74) is 2.58. The van der Waals surface area contributed by atoms with E-state index in [1.807, 2.05) is 12.1 Å². The highest BCUT2D eigenvalue weighted by molar-refractivity contribution is 6.03. The number of nitrogens with zero attached hydrogens (tertiary/aromatic N) is 3. The van der Waals surface area contributed by atoms with Gasteiger partial charge in [-0.1, -0.05) is 39.8 Å². The van der Waals surface area contributed by atoms with Crippen LogP contribution in [0, 0.1) is 0 Å². The van der Waals surface area contributed by atoms with Gasteiger partial charge in [-0.25, -0.2) is 9.97 Å². The Labute approximate surface area is 162 Å². The summed E-state index contributed by atoms with van der Waals surface area (Å²) in [6.45, 7) is 9.71. The molecule has 1 aliphatic rings. The number of rotatable bonds is 4. The van der Waals surface area contributed by atoms with Crippen LogP contribution in [0.5, 0.6) is 0 Å². The van der Waals surface area contributed by atoms with Crippen LogP contribution in [0.15, 0.2) is 36.7 Å². The third kappa shape index (κ3) is 4.65. The average Bonchev–Trinajstić information content (AvgIpc) is 2.68. The number of anilines is 2. The van der Waals surface area contributed by atoms with Crippen molar-refractivity contribution in [3.05, 3.63) is 47.8 Å². The van der Waals surface area contributed by atoms with Gasteiger partial charge in [0.2, 0.25) is 5.95 Å². The molecule has 144 valence electrons. The van der Waals surface area contributed by atoms with Crippen molar-refractivity contribution in [2.45, 2.75) is 64.8 Å². The molecule has 1 atom stereocenters. The molecule has 2 heterocycles. The predicted octanol–water partition coefficient (Wildman–Crippen LogP) is 4.80. The zero-order valence-corrected chi connectivity index (χ0v) is 16.8. The lowest BCUT2D eigenvalue weighted by atomic mass is 9.87. The van der Waals surface area contributed by atoms with Crippen LogP contribution in [0.2, 0.25) is 0 Å². The molecule has 1 aromatic carbocycles. The van der Waals surface area contributed by atoms with Crippen molar-refractivity contribution >= 4 is 17.5 Å². The van der Waals surface area contributed by atoms with Crippen LogP contribution in [0.25, 0.3) is 0 Å². The first kappa shape index (κ1) is 19.3. The summed E-state index contributed by atoms with van der Waals surface area (Å²) in [5, 5.41) is 2.92. The molecule has 5 nitrogen and oxygen atoms in total. The van der Waals surface area contributed by atoms with Crippen LogP contribution in [0.3, 0.4) is 0 Å². The lowest BCUT2D eigenvalue weighted by Gasteiger charge is -2.35. The summed E-state index contributed by atoms with van der Waals surface area (Å²) >= 11 is 0. The van der Waals surface area contributed by atoms with E-state index in [2.05, 4.69) is 60.0 Å². The molecule has 0 spiro atoms. The normalized spacial score (nSPS) is 17.6. The van der Waals surface area contributed by atoms with Crippen molar-refractivity contribution in [1.82, 2.24) is 9.97 Å². The fraction of sp³-hybridized carbons (Fsp3) is 0.500. The minimum Gasteiger partial charge on any atom is -0.338 e. The third-order valence-corrected chi connectivity index (χ3v) is 5.26. The van der Waals surface area contributed by atoms with Crippen LogP contribution in [-0.2, 0) is 5.41 Å². The molecule has 1 aromatic heterocycles. The molecule has 0 radical (unpaired) electrons. The number of piperidine rings is 1. The molecule has 5 heteroatoms. The van der Waals surface area contributed by atoms with Gasteiger partial charge in [0.15, 0.2) is 0 Å². The highest BCUT2D eigenvalue weighted by Crippen LogP contribution is 2.25. The first-order valence-corrected chi connectivity index (χ1v) is 9.89. The minimum absolute atomic E-state index is 0.0943. The second-order valence-corrected chi connectivity index (χ2v) is 8.30. The number of aromatic nitrogens is 2. The average molecular weight is 367 g/mol. The third-order valence-electron chi connectivity index (χ3n) is 5.26. The highest BCUT2D eigenvalue weighted by Gasteiger charge is 2.23. The van der Waals surface area contributed by atoms with E-state index < -0.39 is 0 Å². The number of hydrogen-bond acceptors (Lipinski definition) is 4. The van der Waals surface area contributed by atoms with Crippen LogP contribution >= 0.6 is 0 Å². The van der Waals surface area contributed by atoms with Crippen molar-refractivity contribution in [2.24, 2.45) is 0 Å². The maximum absolute atomic E-state index is 12.5. The summed E-state index contributed by atoms with van der Waals surface area (Å²) in [5.74, 6) is 0.545. The van der Waals surface area contributed by atoms with Gasteiger partial charge in [-0.2, -0.15) is 0 Å². The first-order valence-electron chi connectivity index (χ1n) is 9.89. The monoisotopic (exact) mass is 366 g/mol. The van der Waals surface area contributed by atoms with Crippen molar-refractivity contribution in [3.63, 3.8) is 0 Å². The molecule has 1 unspecified atom stereocenters. The standard InChI is InChI=1S/C22H30N4O/c1-5-19-8-6-7-13-26(19)21-23-14-16(15-24-21)20(27)25-18-11-9-17(10-12-18)22(2,3)4/h9-12,14-15,19H,5-8,13H2,1-4H3,(H,25,27). The van der Waals surface area contributed by atoms with Gasteiger partial charge in [0, 0.05) is 30.7 Å². The van der Waals surface area contributed by atoms with Crippen LogP contribution in [0.1, 0.15) is 69.3 Å². The Hall–Kier alpha value is -2.43. The van der Waals surface area contributed by atoms with Gasteiger partial charge >= 0.3 is 0 Å². The zero-order valence-electron chi connectivity index (χ0n) is 16.8. The van der Waals surface area contributed by atoms with Gasteiger partial charge in [-0.3, -0.25) is 4.79 Å². The Kier molecular flexibility index (Phi) is 5.78. The van der Waals surface area contributed by atoms with E-state index in [-0.39, 0.29) is 11.3 Å². The van der Waals surface area contributed by atoms with E-state index in [4.69, 9.17) is 0 Å².